The van der Waals surface area contributed by atoms with Crippen molar-refractivity contribution in [3.63, 3.8) is 0 Å². The van der Waals surface area contributed by atoms with Crippen LogP contribution in [-0.4, -0.2) is 26.2 Å². The molecule has 0 atom stereocenters. The number of hydrogen-bond acceptors (Lipinski definition) is 3. The summed E-state index contributed by atoms with van der Waals surface area (Å²) in [5.41, 5.74) is 1.05. The van der Waals surface area contributed by atoms with Gasteiger partial charge in [-0.25, -0.2) is 9.18 Å². The number of piperidine rings is 1. The third kappa shape index (κ3) is 2.64. The molecule has 2 rings (SSSR count). The van der Waals surface area contributed by atoms with Gasteiger partial charge in [-0.15, -0.1) is 0 Å². The van der Waals surface area contributed by atoms with Crippen LogP contribution in [0.3, 0.4) is 0 Å². The summed E-state index contributed by atoms with van der Waals surface area (Å²) in [6, 6.07) is 4.44. The summed E-state index contributed by atoms with van der Waals surface area (Å²) in [6.07, 6.45) is 1.81. The Morgan fingerprint density at radius 1 is 1.41 bits per heavy atom. The number of hydrogen-bond donors (Lipinski definition) is 1. The largest absolute Gasteiger partial charge is 0.465 e. The molecule has 1 aromatic rings. The smallest absolute Gasteiger partial charge is 0.337 e. The Morgan fingerprint density at radius 2 is 2.12 bits per heavy atom. The molecule has 1 heterocycles. The maximum absolute atomic E-state index is 13.7. The van der Waals surface area contributed by atoms with Gasteiger partial charge in [0.05, 0.1) is 12.7 Å². The summed E-state index contributed by atoms with van der Waals surface area (Å²) >= 11 is 0. The maximum Gasteiger partial charge on any atom is 0.337 e. The third-order valence-electron chi connectivity index (χ3n) is 3.20. The second-order valence-corrected chi connectivity index (χ2v) is 4.25. The van der Waals surface area contributed by atoms with Gasteiger partial charge in [-0.3, -0.25) is 0 Å². The molecule has 0 aromatic heterocycles. The zero-order valence-electron chi connectivity index (χ0n) is 9.83. The highest BCUT2D eigenvalue weighted by molar-refractivity contribution is 5.89. The average molecular weight is 237 g/mol. The molecule has 0 spiro atoms. The molecule has 0 bridgehead atoms. The van der Waals surface area contributed by atoms with Gasteiger partial charge in [0.25, 0.3) is 0 Å². The summed E-state index contributed by atoms with van der Waals surface area (Å²) in [4.78, 5) is 11.4. The van der Waals surface area contributed by atoms with E-state index in [1.54, 1.807) is 6.07 Å². The van der Waals surface area contributed by atoms with Gasteiger partial charge in [0.2, 0.25) is 0 Å². The van der Waals surface area contributed by atoms with Gasteiger partial charge >= 0.3 is 5.97 Å². The van der Waals surface area contributed by atoms with Crippen LogP contribution in [0, 0.1) is 5.82 Å². The number of methoxy groups -OCH3 is 1. The molecule has 1 saturated heterocycles. The number of benzene rings is 1. The Hall–Kier alpha value is -1.42. The molecular formula is C13H16FNO2. The van der Waals surface area contributed by atoms with E-state index in [-0.39, 0.29) is 11.7 Å². The quantitative estimate of drug-likeness (QED) is 0.800. The molecule has 92 valence electrons. The molecule has 1 aromatic carbocycles. The van der Waals surface area contributed by atoms with Gasteiger partial charge in [-0.05, 0) is 55.6 Å². The zero-order chi connectivity index (χ0) is 12.3. The SMILES string of the molecule is COC(=O)c1ccc(F)c(C2CCNCC2)c1. The van der Waals surface area contributed by atoms with Gasteiger partial charge in [-0.1, -0.05) is 0 Å². The fourth-order valence-corrected chi connectivity index (χ4v) is 2.23. The molecule has 1 aliphatic rings. The standard InChI is InChI=1S/C13H16FNO2/c1-17-13(16)10-2-3-12(14)11(8-10)9-4-6-15-7-5-9/h2-3,8-9,15H,4-7H2,1H3. The van der Waals surface area contributed by atoms with Crippen molar-refractivity contribution in [2.75, 3.05) is 20.2 Å². The van der Waals surface area contributed by atoms with Crippen LogP contribution in [0.2, 0.25) is 0 Å². The normalized spacial score (nSPS) is 16.8. The summed E-state index contributed by atoms with van der Waals surface area (Å²) in [5.74, 6) is -0.453. The number of halogens is 1. The summed E-state index contributed by atoms with van der Waals surface area (Å²) < 4.78 is 18.4. The zero-order valence-corrected chi connectivity index (χ0v) is 9.83. The first-order valence-corrected chi connectivity index (χ1v) is 5.81. The third-order valence-corrected chi connectivity index (χ3v) is 3.20. The molecule has 0 amide bonds. The second-order valence-electron chi connectivity index (χ2n) is 4.25. The lowest BCUT2D eigenvalue weighted by Gasteiger charge is -2.23. The number of esters is 1. The van der Waals surface area contributed by atoms with Gasteiger partial charge < -0.3 is 10.1 Å². The van der Waals surface area contributed by atoms with Crippen LogP contribution in [0.4, 0.5) is 4.39 Å². The van der Waals surface area contributed by atoms with Crippen molar-refractivity contribution in [3.8, 4) is 0 Å². The minimum absolute atomic E-state index is 0.195. The lowest BCUT2D eigenvalue weighted by molar-refractivity contribution is 0.0600. The van der Waals surface area contributed by atoms with Crippen molar-refractivity contribution in [2.24, 2.45) is 0 Å². The van der Waals surface area contributed by atoms with Gasteiger partial charge in [-0.2, -0.15) is 0 Å². The molecule has 17 heavy (non-hydrogen) atoms. The highest BCUT2D eigenvalue weighted by Gasteiger charge is 2.20. The van der Waals surface area contributed by atoms with E-state index in [0.29, 0.717) is 11.1 Å². The highest BCUT2D eigenvalue weighted by atomic mass is 19.1. The van der Waals surface area contributed by atoms with E-state index in [2.05, 4.69) is 10.1 Å². The molecule has 0 saturated carbocycles. The second kappa shape index (κ2) is 5.27. The first kappa shape index (κ1) is 12.0. The monoisotopic (exact) mass is 237 g/mol. The van der Waals surface area contributed by atoms with E-state index < -0.39 is 5.97 Å². The Bertz CT molecular complexity index is 414. The number of carbonyl (C=O) groups excluding carboxylic acids is 1. The van der Waals surface area contributed by atoms with Crippen LogP contribution in [0.5, 0.6) is 0 Å². The molecule has 0 radical (unpaired) electrons. The van der Waals surface area contributed by atoms with Crippen molar-refractivity contribution in [3.05, 3.63) is 35.1 Å². The van der Waals surface area contributed by atoms with E-state index in [1.165, 1.54) is 19.2 Å². The van der Waals surface area contributed by atoms with Crippen molar-refractivity contribution in [1.29, 1.82) is 0 Å². The Kier molecular flexibility index (Phi) is 3.74. The number of nitrogens with one attached hydrogen (secondary N) is 1. The summed E-state index contributed by atoms with van der Waals surface area (Å²) in [6.45, 7) is 1.79. The van der Waals surface area contributed by atoms with Crippen molar-refractivity contribution < 1.29 is 13.9 Å². The van der Waals surface area contributed by atoms with Crippen molar-refractivity contribution >= 4 is 5.97 Å². The first-order chi connectivity index (χ1) is 8.22. The minimum Gasteiger partial charge on any atom is -0.465 e. The lowest BCUT2D eigenvalue weighted by atomic mass is 9.89. The van der Waals surface area contributed by atoms with Crippen molar-refractivity contribution in [1.82, 2.24) is 5.32 Å². The fraction of sp³-hybridized carbons (Fsp3) is 0.462. The first-order valence-electron chi connectivity index (χ1n) is 5.81. The molecule has 0 unspecified atom stereocenters. The Morgan fingerprint density at radius 3 is 2.76 bits per heavy atom. The van der Waals surface area contributed by atoms with Crippen LogP contribution in [-0.2, 0) is 4.74 Å². The molecule has 1 fully saturated rings. The van der Waals surface area contributed by atoms with E-state index in [0.717, 1.165) is 25.9 Å². The number of carbonyl (C=O) groups is 1. The van der Waals surface area contributed by atoms with E-state index in [1.807, 2.05) is 0 Å². The van der Waals surface area contributed by atoms with Crippen molar-refractivity contribution in [2.45, 2.75) is 18.8 Å². The van der Waals surface area contributed by atoms with Crippen LogP contribution < -0.4 is 5.32 Å². The lowest BCUT2D eigenvalue weighted by Crippen LogP contribution is -2.27. The summed E-state index contributed by atoms with van der Waals surface area (Å²) in [5, 5.41) is 3.24. The predicted octanol–water partition coefficient (Wildman–Crippen LogP) is 2.08. The topological polar surface area (TPSA) is 38.3 Å². The average Bonchev–Trinajstić information content (AvgIpc) is 2.39. The Balaban J connectivity index is 2.28. The minimum atomic E-state index is -0.416. The van der Waals surface area contributed by atoms with Crippen LogP contribution in [0.1, 0.15) is 34.7 Å². The fourth-order valence-electron chi connectivity index (χ4n) is 2.23. The molecule has 1 N–H and O–H groups in total. The maximum atomic E-state index is 13.7. The molecule has 4 heteroatoms. The predicted molar refractivity (Wildman–Crippen MR) is 62.6 cm³/mol. The van der Waals surface area contributed by atoms with E-state index in [4.69, 9.17) is 0 Å². The Labute approximate surface area is 100.0 Å². The highest BCUT2D eigenvalue weighted by Crippen LogP contribution is 2.28. The molecular weight excluding hydrogens is 221 g/mol. The molecule has 1 aliphatic heterocycles. The van der Waals surface area contributed by atoms with E-state index in [9.17, 15) is 9.18 Å². The van der Waals surface area contributed by atoms with Gasteiger partial charge in [0.1, 0.15) is 5.82 Å². The van der Waals surface area contributed by atoms with Gasteiger partial charge in [0.15, 0.2) is 0 Å². The number of rotatable bonds is 2. The van der Waals surface area contributed by atoms with E-state index >= 15 is 0 Å². The number of ether oxygens (including phenoxy) is 1. The summed E-state index contributed by atoms with van der Waals surface area (Å²) in [7, 11) is 1.33. The molecule has 3 nitrogen and oxygen atoms in total. The van der Waals surface area contributed by atoms with Crippen LogP contribution >= 0.6 is 0 Å². The van der Waals surface area contributed by atoms with Crippen LogP contribution in [0.15, 0.2) is 18.2 Å². The van der Waals surface area contributed by atoms with Crippen LogP contribution in [0.25, 0.3) is 0 Å². The van der Waals surface area contributed by atoms with Gasteiger partial charge in [0, 0.05) is 0 Å². The molecule has 0 aliphatic carbocycles.